The third kappa shape index (κ3) is 1.91. The Morgan fingerprint density at radius 2 is 1.94 bits per heavy atom. The monoisotopic (exact) mass is 213 g/mol. The summed E-state index contributed by atoms with van der Waals surface area (Å²) < 4.78 is 0. The van der Waals surface area contributed by atoms with Crippen LogP contribution in [0.1, 0.15) is 28.5 Å². The van der Waals surface area contributed by atoms with Crippen LogP contribution < -0.4 is 0 Å². The van der Waals surface area contributed by atoms with Gasteiger partial charge in [0, 0.05) is 17.0 Å². The highest BCUT2D eigenvalue weighted by molar-refractivity contribution is 5.96. The molecule has 0 radical (unpaired) electrons. The fraction of sp³-hybridized carbons (Fsp3) is 0.214. The zero-order chi connectivity index (χ0) is 11.7. The van der Waals surface area contributed by atoms with Crippen molar-refractivity contribution in [2.45, 2.75) is 20.8 Å². The van der Waals surface area contributed by atoms with E-state index in [1.807, 2.05) is 25.1 Å². The number of H-pyrrole nitrogens is 1. The van der Waals surface area contributed by atoms with Crippen LogP contribution in [-0.2, 0) is 0 Å². The molecule has 0 amide bonds. The van der Waals surface area contributed by atoms with E-state index in [1.165, 1.54) is 5.56 Å². The van der Waals surface area contributed by atoms with Gasteiger partial charge in [0.1, 0.15) is 0 Å². The first-order valence-electron chi connectivity index (χ1n) is 5.35. The van der Waals surface area contributed by atoms with Crippen LogP contribution >= 0.6 is 0 Å². The summed E-state index contributed by atoms with van der Waals surface area (Å²) in [4.78, 5) is 14.6. The zero-order valence-corrected chi connectivity index (χ0v) is 9.79. The number of benzene rings is 1. The highest BCUT2D eigenvalue weighted by Crippen LogP contribution is 2.22. The van der Waals surface area contributed by atoms with Crippen molar-refractivity contribution in [3.63, 3.8) is 0 Å². The summed E-state index contributed by atoms with van der Waals surface area (Å²) in [7, 11) is 0. The molecule has 0 bridgehead atoms. The van der Waals surface area contributed by atoms with E-state index in [9.17, 15) is 4.79 Å². The number of aromatic amines is 1. The lowest BCUT2D eigenvalue weighted by Crippen LogP contribution is -1.90. The molecule has 2 nitrogen and oxygen atoms in total. The highest BCUT2D eigenvalue weighted by atomic mass is 16.1. The molecule has 1 heterocycles. The SMILES string of the molecule is CC(=O)c1cc(-c2cccc(C)c2)[nH]c1C. The first-order valence-corrected chi connectivity index (χ1v) is 5.35. The minimum atomic E-state index is 0.104. The number of nitrogens with one attached hydrogen (secondary N) is 1. The Bertz CT molecular complexity index is 537. The normalized spacial score (nSPS) is 10.4. The molecule has 0 aliphatic heterocycles. The van der Waals surface area contributed by atoms with Gasteiger partial charge in [-0.15, -0.1) is 0 Å². The fourth-order valence-electron chi connectivity index (χ4n) is 1.89. The number of aryl methyl sites for hydroxylation is 2. The zero-order valence-electron chi connectivity index (χ0n) is 9.79. The molecule has 1 N–H and O–H groups in total. The third-order valence-electron chi connectivity index (χ3n) is 2.72. The average Bonchev–Trinajstić information content (AvgIpc) is 2.60. The van der Waals surface area contributed by atoms with E-state index in [0.717, 1.165) is 22.5 Å². The number of rotatable bonds is 2. The largest absolute Gasteiger partial charge is 0.358 e. The van der Waals surface area contributed by atoms with Crippen molar-refractivity contribution >= 4 is 5.78 Å². The number of carbonyl (C=O) groups excluding carboxylic acids is 1. The van der Waals surface area contributed by atoms with E-state index in [4.69, 9.17) is 0 Å². The van der Waals surface area contributed by atoms with Gasteiger partial charge in [-0.25, -0.2) is 0 Å². The molecule has 1 aromatic carbocycles. The van der Waals surface area contributed by atoms with Gasteiger partial charge in [-0.1, -0.05) is 23.8 Å². The Morgan fingerprint density at radius 3 is 2.50 bits per heavy atom. The molecule has 82 valence electrons. The molecular formula is C14H15NO. The van der Waals surface area contributed by atoms with Crippen molar-refractivity contribution in [2.24, 2.45) is 0 Å². The number of Topliss-reactive ketones (excluding diaryl/α,β-unsaturated/α-hetero) is 1. The lowest BCUT2D eigenvalue weighted by atomic mass is 10.1. The third-order valence-corrected chi connectivity index (χ3v) is 2.72. The van der Waals surface area contributed by atoms with Crippen LogP contribution in [0.3, 0.4) is 0 Å². The van der Waals surface area contributed by atoms with E-state index in [1.54, 1.807) is 6.92 Å². The maximum Gasteiger partial charge on any atom is 0.161 e. The summed E-state index contributed by atoms with van der Waals surface area (Å²) in [5, 5.41) is 0. The molecule has 2 heteroatoms. The van der Waals surface area contributed by atoms with Gasteiger partial charge in [0.25, 0.3) is 0 Å². The van der Waals surface area contributed by atoms with Gasteiger partial charge in [0.2, 0.25) is 0 Å². The van der Waals surface area contributed by atoms with Crippen LogP contribution in [0.15, 0.2) is 30.3 Å². The van der Waals surface area contributed by atoms with E-state index >= 15 is 0 Å². The summed E-state index contributed by atoms with van der Waals surface area (Å²) in [6.07, 6.45) is 0. The Hall–Kier alpha value is -1.83. The molecule has 0 unspecified atom stereocenters. The predicted octanol–water partition coefficient (Wildman–Crippen LogP) is 3.50. The lowest BCUT2D eigenvalue weighted by Gasteiger charge is -1.98. The van der Waals surface area contributed by atoms with Gasteiger partial charge < -0.3 is 4.98 Å². The van der Waals surface area contributed by atoms with E-state index in [-0.39, 0.29) is 5.78 Å². The molecule has 0 aliphatic carbocycles. The molecule has 0 saturated carbocycles. The lowest BCUT2D eigenvalue weighted by molar-refractivity contribution is 0.101. The molecule has 0 saturated heterocycles. The molecule has 0 atom stereocenters. The van der Waals surface area contributed by atoms with Crippen molar-refractivity contribution in [2.75, 3.05) is 0 Å². The molecule has 0 aliphatic rings. The quantitative estimate of drug-likeness (QED) is 0.761. The second kappa shape index (κ2) is 3.97. The Morgan fingerprint density at radius 1 is 1.19 bits per heavy atom. The number of ketones is 1. The van der Waals surface area contributed by atoms with Gasteiger partial charge in [-0.3, -0.25) is 4.79 Å². The fourth-order valence-corrected chi connectivity index (χ4v) is 1.89. The Kier molecular flexibility index (Phi) is 2.65. The molecular weight excluding hydrogens is 198 g/mol. The van der Waals surface area contributed by atoms with Gasteiger partial charge in [0.05, 0.1) is 0 Å². The minimum absolute atomic E-state index is 0.104. The number of aromatic nitrogens is 1. The summed E-state index contributed by atoms with van der Waals surface area (Å²) in [5.41, 5.74) is 5.05. The van der Waals surface area contributed by atoms with E-state index < -0.39 is 0 Å². The maximum atomic E-state index is 11.4. The summed E-state index contributed by atoms with van der Waals surface area (Å²) in [5.74, 6) is 0.104. The average molecular weight is 213 g/mol. The predicted molar refractivity (Wildman–Crippen MR) is 65.7 cm³/mol. The van der Waals surface area contributed by atoms with Crippen molar-refractivity contribution in [1.82, 2.24) is 4.98 Å². The van der Waals surface area contributed by atoms with Crippen LogP contribution in [0.5, 0.6) is 0 Å². The van der Waals surface area contributed by atoms with E-state index in [2.05, 4.69) is 24.0 Å². The molecule has 0 fully saturated rings. The Balaban J connectivity index is 2.49. The second-order valence-electron chi connectivity index (χ2n) is 4.15. The molecule has 16 heavy (non-hydrogen) atoms. The van der Waals surface area contributed by atoms with Crippen LogP contribution in [0.4, 0.5) is 0 Å². The number of carbonyl (C=O) groups is 1. The van der Waals surface area contributed by atoms with Crippen LogP contribution in [-0.4, -0.2) is 10.8 Å². The second-order valence-corrected chi connectivity index (χ2v) is 4.15. The number of hydrogen-bond donors (Lipinski definition) is 1. The minimum Gasteiger partial charge on any atom is -0.358 e. The van der Waals surface area contributed by atoms with Crippen LogP contribution in [0.25, 0.3) is 11.3 Å². The van der Waals surface area contributed by atoms with Gasteiger partial charge >= 0.3 is 0 Å². The summed E-state index contributed by atoms with van der Waals surface area (Å²) in [6.45, 7) is 5.58. The molecule has 2 aromatic rings. The molecule has 1 aromatic heterocycles. The standard InChI is InChI=1S/C14H15NO/c1-9-5-4-6-12(7-9)14-8-13(11(3)16)10(2)15-14/h4-8,15H,1-3H3. The first kappa shape index (κ1) is 10.7. The molecule has 0 spiro atoms. The summed E-state index contributed by atoms with van der Waals surface area (Å²) in [6, 6.07) is 10.2. The van der Waals surface area contributed by atoms with Crippen molar-refractivity contribution in [1.29, 1.82) is 0 Å². The van der Waals surface area contributed by atoms with Gasteiger partial charge in [0.15, 0.2) is 5.78 Å². The van der Waals surface area contributed by atoms with Crippen molar-refractivity contribution in [3.05, 3.63) is 47.2 Å². The smallest absolute Gasteiger partial charge is 0.161 e. The van der Waals surface area contributed by atoms with Gasteiger partial charge in [-0.2, -0.15) is 0 Å². The first-order chi connectivity index (χ1) is 7.58. The highest BCUT2D eigenvalue weighted by Gasteiger charge is 2.09. The Labute approximate surface area is 95.3 Å². The summed E-state index contributed by atoms with van der Waals surface area (Å²) >= 11 is 0. The van der Waals surface area contributed by atoms with Crippen LogP contribution in [0.2, 0.25) is 0 Å². The van der Waals surface area contributed by atoms with Crippen LogP contribution in [0, 0.1) is 13.8 Å². The number of hydrogen-bond acceptors (Lipinski definition) is 1. The van der Waals surface area contributed by atoms with Gasteiger partial charge in [-0.05, 0) is 38.5 Å². The maximum absolute atomic E-state index is 11.4. The van der Waals surface area contributed by atoms with Crippen molar-refractivity contribution in [3.8, 4) is 11.3 Å². The topological polar surface area (TPSA) is 32.9 Å². The van der Waals surface area contributed by atoms with Crippen molar-refractivity contribution < 1.29 is 4.79 Å². The molecule has 2 rings (SSSR count). The van der Waals surface area contributed by atoms with E-state index in [0.29, 0.717) is 0 Å².